The summed E-state index contributed by atoms with van der Waals surface area (Å²) in [5, 5.41) is 3.21. The minimum Gasteiger partial charge on any atom is -0.493 e. The van der Waals surface area contributed by atoms with E-state index in [1.165, 1.54) is 25.8 Å². The van der Waals surface area contributed by atoms with Crippen LogP contribution in [0.3, 0.4) is 0 Å². The number of hydrogen-bond donors (Lipinski definition) is 1. The lowest BCUT2D eigenvalue weighted by molar-refractivity contribution is -0.116. The van der Waals surface area contributed by atoms with Gasteiger partial charge in [0.1, 0.15) is 5.82 Å². The number of ether oxygens (including phenoxy) is 2. The number of fused-ring (bicyclic) bond motifs is 1. The van der Waals surface area contributed by atoms with E-state index in [1.54, 1.807) is 19.2 Å². The zero-order valence-corrected chi connectivity index (χ0v) is 16.9. The zero-order chi connectivity index (χ0) is 20.9. The maximum Gasteiger partial charge on any atom is 0.332 e. The van der Waals surface area contributed by atoms with Crippen LogP contribution < -0.4 is 26.0 Å². The third-order valence-corrected chi connectivity index (χ3v) is 5.75. The van der Waals surface area contributed by atoms with Crippen molar-refractivity contribution in [3.63, 3.8) is 0 Å². The molecule has 152 valence electrons. The highest BCUT2D eigenvalue weighted by atomic mass is 16.5. The Labute approximate surface area is 167 Å². The number of carbonyl (C=O) groups is 1. The molecule has 1 atom stereocenters. The topological polar surface area (TPSA) is 91.6 Å². The molecule has 2 heterocycles. The molecule has 0 bridgehead atoms. The van der Waals surface area contributed by atoms with Crippen molar-refractivity contribution in [1.29, 1.82) is 0 Å². The number of nitrogens with one attached hydrogen (secondary N) is 1. The van der Waals surface area contributed by atoms with Gasteiger partial charge in [-0.1, -0.05) is 12.1 Å². The number of carbonyl (C=O) groups excluding carboxylic acids is 1. The minimum atomic E-state index is -0.649. The van der Waals surface area contributed by atoms with Crippen molar-refractivity contribution in [2.24, 2.45) is 14.1 Å². The van der Waals surface area contributed by atoms with Crippen LogP contribution in [0.2, 0.25) is 0 Å². The minimum absolute atomic E-state index is 0.00446. The van der Waals surface area contributed by atoms with Gasteiger partial charge in [-0.3, -0.25) is 18.7 Å². The summed E-state index contributed by atoms with van der Waals surface area (Å²) in [6, 6.07) is 5.40. The van der Waals surface area contributed by atoms with E-state index in [2.05, 4.69) is 5.32 Å². The Balaban J connectivity index is 2.12. The molecule has 1 aliphatic heterocycles. The van der Waals surface area contributed by atoms with Gasteiger partial charge in [0.25, 0.3) is 5.56 Å². The van der Waals surface area contributed by atoms with Gasteiger partial charge in [-0.05, 0) is 18.9 Å². The fourth-order valence-corrected chi connectivity index (χ4v) is 4.35. The first-order chi connectivity index (χ1) is 13.9. The second-order valence-corrected chi connectivity index (χ2v) is 7.28. The monoisotopic (exact) mass is 397 g/mol. The lowest BCUT2D eigenvalue weighted by Crippen LogP contribution is -2.44. The van der Waals surface area contributed by atoms with Gasteiger partial charge in [0.15, 0.2) is 17.3 Å². The molecule has 29 heavy (non-hydrogen) atoms. The molecule has 0 spiro atoms. The molecule has 2 aromatic rings. The Morgan fingerprint density at radius 2 is 1.79 bits per heavy atom. The largest absolute Gasteiger partial charge is 0.493 e. The van der Waals surface area contributed by atoms with Crippen LogP contribution in [0.5, 0.6) is 11.5 Å². The van der Waals surface area contributed by atoms with Crippen molar-refractivity contribution >= 4 is 11.6 Å². The van der Waals surface area contributed by atoms with E-state index >= 15 is 0 Å². The lowest BCUT2D eigenvalue weighted by Gasteiger charge is -2.35. The molecule has 1 aromatic carbocycles. The molecule has 4 rings (SSSR count). The van der Waals surface area contributed by atoms with Crippen LogP contribution in [0.4, 0.5) is 5.82 Å². The summed E-state index contributed by atoms with van der Waals surface area (Å²) in [4.78, 5) is 38.7. The summed E-state index contributed by atoms with van der Waals surface area (Å²) in [6.07, 6.45) is 1.82. The van der Waals surface area contributed by atoms with Gasteiger partial charge in [-0.2, -0.15) is 0 Å². The standard InChI is InChI=1S/C21H23N3O5/c1-23-19-17(20(26)24(2)21(23)27)15(16-12(22-19)8-6-9-13(16)25)11-7-5-10-14(28-3)18(11)29-4/h5,7,10,15,22H,6,8-9H2,1-4H3/t15-/m1/s1. The molecule has 1 aromatic heterocycles. The summed E-state index contributed by atoms with van der Waals surface area (Å²) in [7, 11) is 6.12. The zero-order valence-electron chi connectivity index (χ0n) is 16.9. The number of aromatic nitrogens is 2. The van der Waals surface area contributed by atoms with Gasteiger partial charge in [0.2, 0.25) is 0 Å². The number of ketones is 1. The summed E-state index contributed by atoms with van der Waals surface area (Å²) < 4.78 is 13.5. The number of allylic oxidation sites excluding steroid dienone is 2. The molecule has 1 aliphatic carbocycles. The summed E-state index contributed by atoms with van der Waals surface area (Å²) in [5.74, 6) is 0.743. The van der Waals surface area contributed by atoms with Crippen LogP contribution >= 0.6 is 0 Å². The van der Waals surface area contributed by atoms with E-state index in [4.69, 9.17) is 9.47 Å². The SMILES string of the molecule is COc1cccc([C@@H]2C3=C(CCCC3=O)Nc3c2c(=O)n(C)c(=O)n3C)c1OC. The number of methoxy groups -OCH3 is 2. The molecule has 0 saturated heterocycles. The Kier molecular flexibility index (Phi) is 4.56. The smallest absolute Gasteiger partial charge is 0.332 e. The number of para-hydroxylation sites is 1. The fraction of sp³-hybridized carbons (Fsp3) is 0.381. The molecule has 8 nitrogen and oxygen atoms in total. The Hall–Kier alpha value is -3.29. The van der Waals surface area contributed by atoms with Crippen LogP contribution in [0, 0.1) is 0 Å². The summed E-state index contributed by atoms with van der Waals surface area (Å²) in [6.45, 7) is 0. The predicted octanol–water partition coefficient (Wildman–Crippen LogP) is 1.67. The van der Waals surface area contributed by atoms with Crippen LogP contribution in [0.25, 0.3) is 0 Å². The third-order valence-electron chi connectivity index (χ3n) is 5.75. The highest BCUT2D eigenvalue weighted by molar-refractivity contribution is 6.01. The molecule has 1 N–H and O–H groups in total. The number of rotatable bonds is 3. The Morgan fingerprint density at radius 3 is 2.48 bits per heavy atom. The summed E-state index contributed by atoms with van der Waals surface area (Å²) in [5.41, 5.74) is 1.47. The maximum absolute atomic E-state index is 13.2. The molecule has 0 fully saturated rings. The quantitative estimate of drug-likeness (QED) is 0.847. The second kappa shape index (κ2) is 6.95. The number of hydrogen-bond acceptors (Lipinski definition) is 6. The van der Waals surface area contributed by atoms with Gasteiger partial charge in [-0.15, -0.1) is 0 Å². The highest BCUT2D eigenvalue weighted by Crippen LogP contribution is 2.47. The van der Waals surface area contributed by atoms with E-state index in [0.29, 0.717) is 46.9 Å². The average Bonchev–Trinajstić information content (AvgIpc) is 2.74. The van der Waals surface area contributed by atoms with E-state index in [0.717, 1.165) is 16.7 Å². The van der Waals surface area contributed by atoms with Crippen molar-refractivity contribution in [2.75, 3.05) is 19.5 Å². The molecule has 8 heteroatoms. The number of benzene rings is 1. The maximum atomic E-state index is 13.2. The van der Waals surface area contributed by atoms with Crippen LogP contribution in [-0.4, -0.2) is 29.1 Å². The van der Waals surface area contributed by atoms with Gasteiger partial charge in [0.05, 0.1) is 25.7 Å². The molecular formula is C21H23N3O5. The van der Waals surface area contributed by atoms with Crippen molar-refractivity contribution in [1.82, 2.24) is 9.13 Å². The lowest BCUT2D eigenvalue weighted by atomic mass is 9.76. The molecule has 0 radical (unpaired) electrons. The molecule has 0 unspecified atom stereocenters. The molecule has 2 aliphatic rings. The van der Waals surface area contributed by atoms with Crippen molar-refractivity contribution in [3.8, 4) is 11.5 Å². The van der Waals surface area contributed by atoms with Gasteiger partial charge in [0, 0.05) is 37.3 Å². The summed E-state index contributed by atoms with van der Waals surface area (Å²) >= 11 is 0. The van der Waals surface area contributed by atoms with E-state index in [9.17, 15) is 14.4 Å². The van der Waals surface area contributed by atoms with E-state index < -0.39 is 17.2 Å². The Morgan fingerprint density at radius 1 is 1.03 bits per heavy atom. The first-order valence-electron chi connectivity index (χ1n) is 9.44. The average molecular weight is 397 g/mol. The van der Waals surface area contributed by atoms with E-state index in [-0.39, 0.29) is 5.78 Å². The third kappa shape index (κ3) is 2.70. The molecule has 0 saturated carbocycles. The van der Waals surface area contributed by atoms with Crippen LogP contribution in [-0.2, 0) is 18.9 Å². The first kappa shape index (κ1) is 19.0. The van der Waals surface area contributed by atoms with Gasteiger partial charge in [-0.25, -0.2) is 4.79 Å². The predicted molar refractivity (Wildman–Crippen MR) is 108 cm³/mol. The Bertz CT molecular complexity index is 1170. The van der Waals surface area contributed by atoms with Gasteiger partial charge >= 0.3 is 5.69 Å². The highest BCUT2D eigenvalue weighted by Gasteiger charge is 2.40. The van der Waals surface area contributed by atoms with Crippen molar-refractivity contribution in [3.05, 3.63) is 61.4 Å². The van der Waals surface area contributed by atoms with Crippen LogP contribution in [0.15, 0.2) is 39.1 Å². The first-order valence-corrected chi connectivity index (χ1v) is 9.44. The van der Waals surface area contributed by atoms with Crippen molar-refractivity contribution in [2.45, 2.75) is 25.2 Å². The number of nitrogens with zero attached hydrogens (tertiary/aromatic N) is 2. The van der Waals surface area contributed by atoms with Gasteiger partial charge < -0.3 is 14.8 Å². The van der Waals surface area contributed by atoms with Crippen molar-refractivity contribution < 1.29 is 14.3 Å². The number of Topliss-reactive ketones (excluding diaryl/α,β-unsaturated/α-hetero) is 1. The van der Waals surface area contributed by atoms with E-state index in [1.807, 2.05) is 6.07 Å². The fourth-order valence-electron chi connectivity index (χ4n) is 4.35. The number of anilines is 1. The second-order valence-electron chi connectivity index (χ2n) is 7.28. The molecular weight excluding hydrogens is 374 g/mol. The molecule has 0 amide bonds. The normalized spacial score (nSPS) is 18.1. The van der Waals surface area contributed by atoms with Crippen LogP contribution in [0.1, 0.15) is 36.3 Å².